The van der Waals surface area contributed by atoms with Gasteiger partial charge in [0.05, 0.1) is 17.1 Å². The molecule has 1 unspecified atom stereocenters. The topological polar surface area (TPSA) is 102 Å². The fourth-order valence-electron chi connectivity index (χ4n) is 4.64. The number of aliphatic imine (C=N–C) groups is 1. The number of nitrogens with one attached hydrogen (secondary N) is 1. The second kappa shape index (κ2) is 13.1. The van der Waals surface area contributed by atoms with Crippen molar-refractivity contribution >= 4 is 34.6 Å². The van der Waals surface area contributed by atoms with E-state index in [9.17, 15) is 27.2 Å². The van der Waals surface area contributed by atoms with E-state index in [4.69, 9.17) is 0 Å². The van der Waals surface area contributed by atoms with E-state index in [2.05, 4.69) is 25.1 Å². The Hall–Kier alpha value is -4.72. The molecule has 1 N–H and O–H groups in total. The van der Waals surface area contributed by atoms with Crippen LogP contribution in [-0.4, -0.2) is 50.3 Å². The summed E-state index contributed by atoms with van der Waals surface area (Å²) in [6.45, 7) is 5.94. The number of benzene rings is 3. The molecule has 234 valence electrons. The Kier molecular flexibility index (Phi) is 9.23. The molecule has 3 aromatic carbocycles. The predicted molar refractivity (Wildman–Crippen MR) is 163 cm³/mol. The lowest BCUT2D eigenvalue weighted by molar-refractivity contribution is -0.274. The summed E-state index contributed by atoms with van der Waals surface area (Å²) in [7, 11) is 0. The Balaban J connectivity index is 1.20. The van der Waals surface area contributed by atoms with E-state index in [-0.39, 0.29) is 34.9 Å². The third-order valence-corrected chi connectivity index (χ3v) is 7.67. The van der Waals surface area contributed by atoms with Gasteiger partial charge in [0, 0.05) is 12.0 Å². The number of hydrogen-bond donors (Lipinski definition) is 1. The number of thioether (sulfide) groups is 1. The molecule has 1 fully saturated rings. The van der Waals surface area contributed by atoms with Crippen molar-refractivity contribution in [3.8, 4) is 22.8 Å². The lowest BCUT2D eigenvalue weighted by Crippen LogP contribution is -2.35. The molecule has 0 aliphatic carbocycles. The number of ether oxygens (including phenoxy) is 1. The van der Waals surface area contributed by atoms with Crippen LogP contribution < -0.4 is 15.0 Å². The van der Waals surface area contributed by atoms with Crippen molar-refractivity contribution in [2.75, 3.05) is 10.7 Å². The largest absolute Gasteiger partial charge is 0.573 e. The zero-order valence-electron chi connectivity index (χ0n) is 24.4. The second-order valence-electron chi connectivity index (χ2n) is 10.5. The molecule has 1 aliphatic heterocycles. The van der Waals surface area contributed by atoms with Crippen LogP contribution in [0.2, 0.25) is 0 Å². The van der Waals surface area contributed by atoms with Crippen LogP contribution in [0.25, 0.3) is 17.1 Å². The van der Waals surface area contributed by atoms with Gasteiger partial charge in [0.1, 0.15) is 12.1 Å². The van der Waals surface area contributed by atoms with Gasteiger partial charge in [0.2, 0.25) is 5.91 Å². The molecule has 1 aromatic heterocycles. The van der Waals surface area contributed by atoms with Gasteiger partial charge in [-0.1, -0.05) is 62.0 Å². The lowest BCUT2D eigenvalue weighted by atomic mass is 9.99. The summed E-state index contributed by atoms with van der Waals surface area (Å²) in [5.41, 5.74) is 4.24. The van der Waals surface area contributed by atoms with Gasteiger partial charge in [-0.3, -0.25) is 9.69 Å². The number of nitrogens with zero attached hydrogens (tertiary/aromatic N) is 5. The van der Waals surface area contributed by atoms with Crippen LogP contribution in [0.3, 0.4) is 0 Å². The van der Waals surface area contributed by atoms with Crippen molar-refractivity contribution in [2.24, 2.45) is 4.99 Å². The van der Waals surface area contributed by atoms with Crippen LogP contribution >= 0.6 is 11.8 Å². The van der Waals surface area contributed by atoms with Gasteiger partial charge >= 0.3 is 12.4 Å². The number of hydrogen-bond acceptors (Lipinski definition) is 6. The van der Waals surface area contributed by atoms with Crippen molar-refractivity contribution in [2.45, 2.75) is 45.8 Å². The normalized spacial score (nSPS) is 15.2. The van der Waals surface area contributed by atoms with Crippen molar-refractivity contribution < 1.29 is 31.9 Å². The maximum absolute atomic E-state index is 14.9. The summed E-state index contributed by atoms with van der Waals surface area (Å²) in [4.78, 5) is 35.1. The van der Waals surface area contributed by atoms with Crippen molar-refractivity contribution in [1.29, 1.82) is 0 Å². The zero-order valence-corrected chi connectivity index (χ0v) is 25.2. The van der Waals surface area contributed by atoms with Gasteiger partial charge in [0.15, 0.2) is 17.3 Å². The van der Waals surface area contributed by atoms with E-state index in [1.165, 1.54) is 40.2 Å². The minimum Gasteiger partial charge on any atom is -0.406 e. The van der Waals surface area contributed by atoms with Crippen LogP contribution in [0.5, 0.6) is 5.75 Å². The highest BCUT2D eigenvalue weighted by Crippen LogP contribution is 2.34. The van der Waals surface area contributed by atoms with E-state index in [1.54, 1.807) is 24.3 Å². The molecule has 0 bridgehead atoms. The summed E-state index contributed by atoms with van der Waals surface area (Å²) in [5.74, 6) is 0.0436. The van der Waals surface area contributed by atoms with Crippen LogP contribution in [0.15, 0.2) is 78.0 Å². The Morgan fingerprint density at radius 3 is 2.47 bits per heavy atom. The van der Waals surface area contributed by atoms with Crippen molar-refractivity contribution in [3.63, 3.8) is 0 Å². The first-order valence-corrected chi connectivity index (χ1v) is 14.8. The maximum atomic E-state index is 14.9. The summed E-state index contributed by atoms with van der Waals surface area (Å²) < 4.78 is 57.3. The fraction of sp³-hybridized carbons (Fsp3) is 0.258. The van der Waals surface area contributed by atoms with Crippen molar-refractivity contribution in [1.82, 2.24) is 20.1 Å². The molecule has 3 amide bonds. The van der Waals surface area contributed by atoms with Gasteiger partial charge in [-0.05, 0) is 59.9 Å². The molecule has 0 spiro atoms. The number of halogens is 4. The molecule has 4 aromatic rings. The molecule has 14 heteroatoms. The van der Waals surface area contributed by atoms with E-state index in [0.29, 0.717) is 28.3 Å². The number of anilines is 1. The molecule has 1 aliphatic rings. The summed E-state index contributed by atoms with van der Waals surface area (Å²) in [6.07, 6.45) is -5.24. The standard InChI is InChI=1S/C31H28F4N6O3S/c1-18(2)24-13-4-19(3)14-25(24)41-27(42)16-45-30(41)38-29(43)37-26(32)15-20-5-7-21(8-6-20)28-36-17-40(39-28)22-9-11-23(12-10-22)44-31(33,34)35/h4-14,17-18,26H,15-16H2,1-3H3,(H,37,43)/b38-30+. The molecule has 0 saturated carbocycles. The summed E-state index contributed by atoms with van der Waals surface area (Å²) in [5, 5.41) is 6.78. The average molecular weight is 641 g/mol. The smallest absolute Gasteiger partial charge is 0.406 e. The minimum absolute atomic E-state index is 0.124. The predicted octanol–water partition coefficient (Wildman–Crippen LogP) is 6.95. The lowest BCUT2D eigenvalue weighted by Gasteiger charge is -2.22. The molecule has 1 saturated heterocycles. The number of carbonyl (C=O) groups excluding carboxylic acids is 2. The SMILES string of the molecule is Cc1ccc(C(C)C)c(N2C(=O)CS/C2=N/C(=O)NC(F)Cc2ccc(-c3ncn(-c4ccc(OC(F)(F)F)cc4)n3)cc2)c1. The van der Waals surface area contributed by atoms with E-state index in [1.807, 2.05) is 39.0 Å². The minimum atomic E-state index is -4.78. The Morgan fingerprint density at radius 1 is 1.09 bits per heavy atom. The van der Waals surface area contributed by atoms with E-state index < -0.39 is 18.7 Å². The molecular weight excluding hydrogens is 612 g/mol. The second-order valence-corrected chi connectivity index (χ2v) is 11.4. The van der Waals surface area contributed by atoms with Gasteiger partial charge in [-0.15, -0.1) is 18.3 Å². The third-order valence-electron chi connectivity index (χ3n) is 6.75. The molecule has 0 radical (unpaired) electrons. The Labute approximate surface area is 260 Å². The van der Waals surface area contributed by atoms with Crippen LogP contribution in [0.1, 0.15) is 36.5 Å². The molecule has 1 atom stereocenters. The Bertz CT molecular complexity index is 1720. The number of aryl methyl sites for hydroxylation is 1. The number of alkyl halides is 4. The summed E-state index contributed by atoms with van der Waals surface area (Å²) in [6, 6.07) is 16.8. The molecule has 2 heterocycles. The number of aromatic nitrogens is 3. The van der Waals surface area contributed by atoms with E-state index >= 15 is 0 Å². The van der Waals surface area contributed by atoms with Crippen LogP contribution in [0.4, 0.5) is 28.0 Å². The first-order valence-electron chi connectivity index (χ1n) is 13.8. The van der Waals surface area contributed by atoms with Crippen LogP contribution in [0, 0.1) is 6.92 Å². The molecule has 45 heavy (non-hydrogen) atoms. The molecule has 5 rings (SSSR count). The number of carbonyl (C=O) groups is 2. The van der Waals surface area contributed by atoms with Gasteiger partial charge in [0.25, 0.3) is 0 Å². The van der Waals surface area contributed by atoms with Crippen molar-refractivity contribution in [3.05, 3.63) is 89.7 Å². The number of amidine groups is 1. The number of rotatable bonds is 8. The van der Waals surface area contributed by atoms with Gasteiger partial charge in [-0.2, -0.15) is 4.99 Å². The van der Waals surface area contributed by atoms with Gasteiger partial charge in [-0.25, -0.2) is 18.9 Å². The Morgan fingerprint density at radius 2 is 1.80 bits per heavy atom. The maximum Gasteiger partial charge on any atom is 0.573 e. The number of amides is 3. The third kappa shape index (κ3) is 7.87. The zero-order chi connectivity index (χ0) is 32.3. The monoisotopic (exact) mass is 640 g/mol. The number of urea groups is 1. The average Bonchev–Trinajstić information content (AvgIpc) is 3.60. The molecular formula is C31H28F4N6O3S. The van der Waals surface area contributed by atoms with E-state index in [0.717, 1.165) is 22.9 Å². The first-order chi connectivity index (χ1) is 21.4. The first kappa shape index (κ1) is 31.7. The summed E-state index contributed by atoms with van der Waals surface area (Å²) >= 11 is 1.12. The highest BCUT2D eigenvalue weighted by molar-refractivity contribution is 8.15. The van der Waals surface area contributed by atoms with Gasteiger partial charge < -0.3 is 10.1 Å². The highest BCUT2D eigenvalue weighted by atomic mass is 32.2. The highest BCUT2D eigenvalue weighted by Gasteiger charge is 2.33. The quantitative estimate of drug-likeness (QED) is 0.165. The fourth-order valence-corrected chi connectivity index (χ4v) is 5.50. The molecule has 9 nitrogen and oxygen atoms in total. The van der Waals surface area contributed by atoms with Crippen LogP contribution in [-0.2, 0) is 11.2 Å².